The van der Waals surface area contributed by atoms with Gasteiger partial charge in [-0.05, 0) is 79.3 Å². The van der Waals surface area contributed by atoms with Crippen LogP contribution in [0.4, 0.5) is 21.7 Å². The van der Waals surface area contributed by atoms with Gasteiger partial charge in [0.15, 0.2) is 0 Å². The van der Waals surface area contributed by atoms with Gasteiger partial charge in [0, 0.05) is 31.3 Å². The number of anilines is 3. The SMILES string of the molecule is CCS(=O)(=O)Nc1ccc(-c2n[nH]c(Nc3ccc(C(=O)NCC(=O)NC(C(=O)N4C[C@@H](O)C[C@@H]4C(=O)NCc4ccc(-c5scnc5C)cc4)C(C)(C)C)cn3)c2C(N)=O)cc1OC(C)c1ccc(F)cc1. The second-order valence-corrected chi connectivity index (χ2v) is 21.3. The lowest BCUT2D eigenvalue weighted by atomic mass is 9.85. The Labute approximate surface area is 424 Å². The fourth-order valence-corrected chi connectivity index (χ4v) is 9.41. The molecule has 2 unspecified atom stereocenters. The molecule has 73 heavy (non-hydrogen) atoms. The average Bonchev–Trinajstić information content (AvgIpc) is 4.10. The number of nitrogens with two attached hydrogens (primary N) is 1. The number of likely N-dealkylation sites (tertiary alicyclic amines) is 1. The Balaban J connectivity index is 0.967. The van der Waals surface area contributed by atoms with Gasteiger partial charge in [0.25, 0.3) is 11.8 Å². The molecule has 20 nitrogen and oxygen atoms in total. The molecular weight excluding hydrogens is 982 g/mol. The number of aliphatic hydroxyl groups is 1. The van der Waals surface area contributed by atoms with E-state index in [1.54, 1.807) is 33.2 Å². The number of H-pyrrole nitrogens is 1. The lowest BCUT2D eigenvalue weighted by molar-refractivity contribution is -0.143. The number of ether oxygens (including phenoxy) is 1. The van der Waals surface area contributed by atoms with Gasteiger partial charge >= 0.3 is 0 Å². The highest BCUT2D eigenvalue weighted by Gasteiger charge is 2.44. The van der Waals surface area contributed by atoms with Crippen molar-refractivity contribution in [3.63, 3.8) is 0 Å². The van der Waals surface area contributed by atoms with E-state index in [1.807, 2.05) is 31.2 Å². The zero-order chi connectivity index (χ0) is 52.8. The van der Waals surface area contributed by atoms with Crippen LogP contribution in [0.3, 0.4) is 0 Å². The van der Waals surface area contributed by atoms with Crippen molar-refractivity contribution in [2.24, 2.45) is 11.1 Å². The largest absolute Gasteiger partial charge is 0.484 e. The summed E-state index contributed by atoms with van der Waals surface area (Å²) in [4.78, 5) is 78.0. The number of aromatic nitrogens is 4. The maximum atomic E-state index is 14.1. The van der Waals surface area contributed by atoms with Crippen molar-refractivity contribution in [2.75, 3.05) is 28.9 Å². The van der Waals surface area contributed by atoms with Crippen LogP contribution in [-0.2, 0) is 31.0 Å². The molecule has 5 amide bonds. The van der Waals surface area contributed by atoms with Crippen LogP contribution in [0.1, 0.15) is 84.7 Å². The fraction of sp³-hybridized carbons (Fsp3) is 0.320. The number of hydrogen-bond acceptors (Lipinski definition) is 14. The molecule has 23 heteroatoms. The Morgan fingerprint density at radius 2 is 1.70 bits per heavy atom. The number of primary amides is 1. The Morgan fingerprint density at radius 3 is 2.33 bits per heavy atom. The summed E-state index contributed by atoms with van der Waals surface area (Å²) in [6, 6.07) is 18.5. The molecule has 1 fully saturated rings. The minimum atomic E-state index is -3.74. The van der Waals surface area contributed by atoms with E-state index in [9.17, 15) is 41.9 Å². The first kappa shape index (κ1) is 53.0. The molecule has 4 atom stereocenters. The van der Waals surface area contributed by atoms with E-state index in [2.05, 4.69) is 46.2 Å². The molecule has 6 aromatic rings. The molecule has 3 aromatic heterocycles. The number of carbonyl (C=O) groups is 5. The molecule has 0 radical (unpaired) electrons. The van der Waals surface area contributed by atoms with Crippen LogP contribution < -0.4 is 36.5 Å². The number of β-amino-alcohol motifs (C(OH)–C–C–N with tert-alkyl or cyclic N) is 1. The molecule has 1 aliphatic rings. The normalized spacial score (nSPS) is 15.5. The summed E-state index contributed by atoms with van der Waals surface area (Å²) in [6.45, 7) is 9.91. The summed E-state index contributed by atoms with van der Waals surface area (Å²) in [5, 5.41) is 28.7. The smallest absolute Gasteiger partial charge is 0.254 e. The third-order valence-electron chi connectivity index (χ3n) is 12.0. The van der Waals surface area contributed by atoms with Gasteiger partial charge < -0.3 is 41.7 Å². The summed E-state index contributed by atoms with van der Waals surface area (Å²) < 4.78 is 47.4. The monoisotopic (exact) mass is 1040 g/mol. The van der Waals surface area contributed by atoms with Gasteiger partial charge in [-0.1, -0.05) is 63.2 Å². The number of pyridine rings is 1. The molecule has 3 aromatic carbocycles. The number of sulfonamides is 1. The Kier molecular flexibility index (Phi) is 16.2. The average molecular weight is 1040 g/mol. The summed E-state index contributed by atoms with van der Waals surface area (Å²) in [7, 11) is -3.74. The van der Waals surface area contributed by atoms with Crippen molar-refractivity contribution in [3.05, 3.63) is 124 Å². The van der Waals surface area contributed by atoms with E-state index in [4.69, 9.17) is 10.5 Å². The molecule has 384 valence electrons. The van der Waals surface area contributed by atoms with Gasteiger partial charge in [0.05, 0.1) is 45.7 Å². The van der Waals surface area contributed by atoms with Crippen molar-refractivity contribution < 1.29 is 46.6 Å². The van der Waals surface area contributed by atoms with Crippen LogP contribution in [-0.4, -0.2) is 105 Å². The Hall–Kier alpha value is -7.76. The maximum Gasteiger partial charge on any atom is 0.254 e. The number of nitrogens with one attached hydrogen (secondary N) is 6. The van der Waals surface area contributed by atoms with E-state index in [0.29, 0.717) is 11.1 Å². The number of benzene rings is 3. The zero-order valence-corrected chi connectivity index (χ0v) is 42.4. The number of carbonyl (C=O) groups excluding carboxylic acids is 5. The number of aliphatic hydroxyl groups excluding tert-OH is 1. The van der Waals surface area contributed by atoms with Crippen molar-refractivity contribution in [3.8, 4) is 27.4 Å². The molecule has 0 aliphatic carbocycles. The minimum absolute atomic E-state index is 0.0146. The Morgan fingerprint density at radius 1 is 0.986 bits per heavy atom. The molecule has 9 N–H and O–H groups in total. The predicted octanol–water partition coefficient (Wildman–Crippen LogP) is 5.33. The Bertz CT molecular complexity index is 3110. The van der Waals surface area contributed by atoms with E-state index < -0.39 is 81.6 Å². The van der Waals surface area contributed by atoms with Crippen LogP contribution >= 0.6 is 11.3 Å². The summed E-state index contributed by atoms with van der Waals surface area (Å²) in [5.41, 5.74) is 10.7. The highest BCUT2D eigenvalue weighted by atomic mass is 32.2. The summed E-state index contributed by atoms with van der Waals surface area (Å²) in [5.74, 6) is -3.60. The van der Waals surface area contributed by atoms with E-state index in [0.717, 1.165) is 21.7 Å². The zero-order valence-electron chi connectivity index (χ0n) is 40.8. The molecule has 4 heterocycles. The lowest BCUT2D eigenvalue weighted by Gasteiger charge is -2.35. The quantitative estimate of drug-likeness (QED) is 0.0510. The number of nitrogens with zero attached hydrogens (tertiary/aromatic N) is 4. The van der Waals surface area contributed by atoms with Gasteiger partial charge in [-0.3, -0.25) is 33.8 Å². The maximum absolute atomic E-state index is 14.1. The number of hydrogen-bond donors (Lipinski definition) is 8. The molecule has 1 aliphatic heterocycles. The van der Waals surface area contributed by atoms with E-state index in [1.165, 1.54) is 84.0 Å². The van der Waals surface area contributed by atoms with Crippen LogP contribution in [0.25, 0.3) is 21.7 Å². The van der Waals surface area contributed by atoms with Gasteiger partial charge in [0.1, 0.15) is 52.6 Å². The number of rotatable bonds is 19. The third-order valence-corrected chi connectivity index (χ3v) is 14.2. The molecule has 0 bridgehead atoms. The van der Waals surface area contributed by atoms with E-state index >= 15 is 0 Å². The highest BCUT2D eigenvalue weighted by molar-refractivity contribution is 7.92. The molecule has 0 spiro atoms. The lowest BCUT2D eigenvalue weighted by Crippen LogP contribution is -2.58. The first-order valence-electron chi connectivity index (χ1n) is 23.1. The van der Waals surface area contributed by atoms with Crippen LogP contribution in [0.15, 0.2) is 90.6 Å². The van der Waals surface area contributed by atoms with E-state index in [-0.39, 0.29) is 65.2 Å². The molecule has 0 saturated carbocycles. The minimum Gasteiger partial charge on any atom is -0.484 e. The summed E-state index contributed by atoms with van der Waals surface area (Å²) >= 11 is 1.54. The number of halogens is 1. The number of aromatic amines is 1. The molecular formula is C50H56FN11O9S2. The van der Waals surface area contributed by atoms with Crippen LogP contribution in [0.5, 0.6) is 5.75 Å². The van der Waals surface area contributed by atoms with Crippen LogP contribution in [0, 0.1) is 18.2 Å². The number of amides is 5. The van der Waals surface area contributed by atoms with Crippen molar-refractivity contribution >= 4 is 68.2 Å². The predicted molar refractivity (Wildman–Crippen MR) is 273 cm³/mol. The van der Waals surface area contributed by atoms with Crippen molar-refractivity contribution in [1.29, 1.82) is 0 Å². The van der Waals surface area contributed by atoms with Gasteiger partial charge in [-0.25, -0.2) is 22.8 Å². The van der Waals surface area contributed by atoms with Crippen LogP contribution in [0.2, 0.25) is 0 Å². The topological polar surface area (TPSA) is 293 Å². The van der Waals surface area contributed by atoms with Crippen molar-refractivity contribution in [1.82, 2.24) is 41.0 Å². The fourth-order valence-electron chi connectivity index (χ4n) is 7.95. The first-order valence-corrected chi connectivity index (χ1v) is 25.6. The third kappa shape index (κ3) is 13.0. The highest BCUT2D eigenvalue weighted by Crippen LogP contribution is 2.37. The number of aryl methyl sites for hydroxylation is 1. The summed E-state index contributed by atoms with van der Waals surface area (Å²) in [6.07, 6.45) is -0.382. The molecule has 7 rings (SSSR count). The standard InChI is InChI=1S/C50H56FN11O9S2/c1-7-73(69,70)61-36-18-14-32(20-38(36)71-28(3)30-12-16-34(51)17-13-30)42-41(45(52)65)46(60-59-42)57-39-19-15-33(23-53-39)47(66)55-24-40(64)58-44(50(4,5)6)49(68)62-25-35(63)21-37(62)48(67)54-22-29-8-10-31(11-9-29)43-27(2)56-26-72-43/h8-20,23,26,28,35,37,44,61,63H,7,21-22,24-25H2,1-6H3,(H2,52,65)(H,54,67)(H,55,66)(H,58,64)(H2,53,57,59,60)/t28?,35-,37+,44?/m0/s1. The van der Waals surface area contributed by atoms with Gasteiger partial charge in [-0.2, -0.15) is 5.10 Å². The second kappa shape index (κ2) is 22.3. The van der Waals surface area contributed by atoms with Gasteiger partial charge in [-0.15, -0.1) is 11.3 Å². The first-order chi connectivity index (χ1) is 34.6. The van der Waals surface area contributed by atoms with Gasteiger partial charge in [0.2, 0.25) is 27.7 Å². The molecule has 1 saturated heterocycles. The second-order valence-electron chi connectivity index (χ2n) is 18.4. The number of thiazole rings is 1. The van der Waals surface area contributed by atoms with Crippen molar-refractivity contribution in [2.45, 2.75) is 78.8 Å².